The molecular formula is C22H23ClFN3O4. The number of amides is 2. The minimum Gasteiger partial charge on any atom is -0.507 e. The molecule has 2 bridgehead atoms. The van der Waals surface area contributed by atoms with Crippen LogP contribution in [0.25, 0.3) is 0 Å². The summed E-state index contributed by atoms with van der Waals surface area (Å²) in [5.41, 5.74) is -0.155. The Morgan fingerprint density at radius 2 is 2.19 bits per heavy atom. The molecule has 2 saturated heterocycles. The van der Waals surface area contributed by atoms with Crippen molar-refractivity contribution in [3.05, 3.63) is 57.8 Å². The SMILES string of the molecule is O=C(NCc1cccc(Cl)c1F)C1=CN2C[C@]34CCC[C@H](CN3C(=O)C2=C(O)C1O)C4. The van der Waals surface area contributed by atoms with E-state index in [1.54, 1.807) is 11.0 Å². The molecule has 2 amide bonds. The summed E-state index contributed by atoms with van der Waals surface area (Å²) in [7, 11) is 0. The first-order valence-electron chi connectivity index (χ1n) is 10.4. The standard InChI is InChI=1S/C22H23ClFN3O4/c23-15-5-1-4-13(16(15)24)8-25-20(30)14-10-26-11-22-6-2-3-12(7-22)9-27(22)21(31)17(26)19(29)18(14)28/h1,4-5,10,12,18,28-29H,2-3,6-9,11H2,(H,25,30)/t12-,18?,22+/m0/s1. The molecule has 1 aromatic carbocycles. The lowest BCUT2D eigenvalue weighted by atomic mass is 9.78. The third-order valence-electron chi connectivity index (χ3n) is 6.96. The van der Waals surface area contributed by atoms with Crippen LogP contribution in [0.1, 0.15) is 31.2 Å². The van der Waals surface area contributed by atoms with Crippen LogP contribution >= 0.6 is 11.6 Å². The van der Waals surface area contributed by atoms with Crippen molar-refractivity contribution in [1.29, 1.82) is 0 Å². The van der Waals surface area contributed by atoms with Crippen molar-refractivity contribution in [1.82, 2.24) is 15.1 Å². The van der Waals surface area contributed by atoms with Gasteiger partial charge in [-0.1, -0.05) is 30.2 Å². The number of benzene rings is 1. The quantitative estimate of drug-likeness (QED) is 0.660. The Kier molecular flexibility index (Phi) is 4.75. The van der Waals surface area contributed by atoms with Crippen LogP contribution in [0.3, 0.4) is 0 Å². The van der Waals surface area contributed by atoms with Gasteiger partial charge in [0.05, 0.1) is 16.1 Å². The Labute approximate surface area is 183 Å². The smallest absolute Gasteiger partial charge is 0.274 e. The van der Waals surface area contributed by atoms with Crippen molar-refractivity contribution in [3.8, 4) is 0 Å². The third kappa shape index (κ3) is 3.11. The Bertz CT molecular complexity index is 1040. The van der Waals surface area contributed by atoms with E-state index in [0.29, 0.717) is 19.0 Å². The van der Waals surface area contributed by atoms with Crippen molar-refractivity contribution >= 4 is 23.4 Å². The summed E-state index contributed by atoms with van der Waals surface area (Å²) in [6.45, 7) is 1.01. The predicted molar refractivity (Wildman–Crippen MR) is 110 cm³/mol. The summed E-state index contributed by atoms with van der Waals surface area (Å²) >= 11 is 5.78. The highest BCUT2D eigenvalue weighted by molar-refractivity contribution is 6.30. The number of rotatable bonds is 3. The van der Waals surface area contributed by atoms with Gasteiger partial charge in [-0.25, -0.2) is 4.39 Å². The molecule has 0 aromatic heterocycles. The molecule has 3 aliphatic heterocycles. The van der Waals surface area contributed by atoms with Crippen LogP contribution in [0.5, 0.6) is 0 Å². The number of aliphatic hydroxyl groups excluding tert-OH is 2. The van der Waals surface area contributed by atoms with Gasteiger partial charge < -0.3 is 25.3 Å². The van der Waals surface area contributed by atoms with Crippen molar-refractivity contribution in [2.45, 2.75) is 43.9 Å². The number of hydrogen-bond acceptors (Lipinski definition) is 5. The number of hydrogen-bond donors (Lipinski definition) is 3. The zero-order valence-electron chi connectivity index (χ0n) is 16.8. The van der Waals surface area contributed by atoms with Crippen molar-refractivity contribution in [2.24, 2.45) is 5.92 Å². The van der Waals surface area contributed by atoms with E-state index in [1.807, 2.05) is 4.90 Å². The molecule has 7 nitrogen and oxygen atoms in total. The first-order valence-corrected chi connectivity index (χ1v) is 10.8. The topological polar surface area (TPSA) is 93.1 Å². The minimum atomic E-state index is -1.63. The molecule has 1 spiro atoms. The van der Waals surface area contributed by atoms with Crippen LogP contribution in [0, 0.1) is 11.7 Å². The molecule has 3 atom stereocenters. The van der Waals surface area contributed by atoms with Crippen LogP contribution in [0.2, 0.25) is 5.02 Å². The Morgan fingerprint density at radius 1 is 1.39 bits per heavy atom. The summed E-state index contributed by atoms with van der Waals surface area (Å²) in [4.78, 5) is 29.4. The first-order chi connectivity index (χ1) is 14.8. The highest BCUT2D eigenvalue weighted by Gasteiger charge is 2.56. The Hall–Kier alpha value is -2.58. The van der Waals surface area contributed by atoms with E-state index in [2.05, 4.69) is 5.32 Å². The van der Waals surface area contributed by atoms with Gasteiger partial charge in [0.2, 0.25) is 0 Å². The molecule has 3 fully saturated rings. The molecule has 9 heteroatoms. The zero-order valence-corrected chi connectivity index (χ0v) is 17.5. The summed E-state index contributed by atoms with van der Waals surface area (Å²) in [6, 6.07) is 4.49. The van der Waals surface area contributed by atoms with Gasteiger partial charge in [-0.05, 0) is 31.2 Å². The second-order valence-corrected chi connectivity index (χ2v) is 9.25. The van der Waals surface area contributed by atoms with Gasteiger partial charge in [-0.15, -0.1) is 0 Å². The van der Waals surface area contributed by atoms with E-state index >= 15 is 0 Å². The summed E-state index contributed by atoms with van der Waals surface area (Å²) in [5, 5.41) is 23.7. The van der Waals surface area contributed by atoms with E-state index in [0.717, 1.165) is 25.7 Å². The number of halogens is 2. The molecule has 1 aliphatic carbocycles. The van der Waals surface area contributed by atoms with Gasteiger partial charge >= 0.3 is 0 Å². The normalized spacial score (nSPS) is 29.5. The zero-order chi connectivity index (χ0) is 21.9. The molecule has 4 aliphatic rings. The Balaban J connectivity index is 1.39. The van der Waals surface area contributed by atoms with Gasteiger partial charge in [0.25, 0.3) is 11.8 Å². The van der Waals surface area contributed by atoms with Gasteiger partial charge in [-0.2, -0.15) is 0 Å². The maximum atomic E-state index is 14.1. The number of aliphatic hydroxyl groups is 2. The minimum absolute atomic E-state index is 0.0307. The van der Waals surface area contributed by atoms with Gasteiger partial charge in [0.1, 0.15) is 17.6 Å². The van der Waals surface area contributed by atoms with E-state index in [9.17, 15) is 24.2 Å². The number of fused-ring (bicyclic) bond motifs is 2. The lowest BCUT2D eigenvalue weighted by Gasteiger charge is -2.49. The maximum Gasteiger partial charge on any atom is 0.274 e. The van der Waals surface area contributed by atoms with E-state index < -0.39 is 23.6 Å². The molecule has 0 radical (unpaired) electrons. The van der Waals surface area contributed by atoms with E-state index in [1.165, 1.54) is 18.3 Å². The summed E-state index contributed by atoms with van der Waals surface area (Å²) in [6.07, 6.45) is 3.73. The number of piperazine rings is 1. The number of nitrogens with one attached hydrogen (secondary N) is 1. The molecule has 1 aromatic rings. The van der Waals surface area contributed by atoms with Crippen LogP contribution in [-0.4, -0.2) is 56.6 Å². The molecule has 31 heavy (non-hydrogen) atoms. The van der Waals surface area contributed by atoms with Crippen LogP contribution in [0.15, 0.2) is 41.4 Å². The second kappa shape index (κ2) is 7.24. The first kappa shape index (κ1) is 20.3. The highest BCUT2D eigenvalue weighted by Crippen LogP contribution is 2.48. The average Bonchev–Trinajstić information content (AvgIpc) is 3.01. The molecular weight excluding hydrogens is 425 g/mol. The molecule has 1 saturated carbocycles. The molecule has 164 valence electrons. The largest absolute Gasteiger partial charge is 0.507 e. The third-order valence-corrected chi connectivity index (χ3v) is 7.25. The summed E-state index contributed by atoms with van der Waals surface area (Å²) < 4.78 is 14.1. The van der Waals surface area contributed by atoms with Crippen molar-refractivity contribution < 1.29 is 24.2 Å². The fourth-order valence-corrected chi connectivity index (χ4v) is 5.71. The van der Waals surface area contributed by atoms with Crippen LogP contribution < -0.4 is 5.32 Å². The lowest BCUT2D eigenvalue weighted by molar-refractivity contribution is -0.138. The molecule has 3 heterocycles. The monoisotopic (exact) mass is 447 g/mol. The van der Waals surface area contributed by atoms with Crippen LogP contribution in [0.4, 0.5) is 4.39 Å². The second-order valence-electron chi connectivity index (χ2n) is 8.85. The number of nitrogens with zero attached hydrogens (tertiary/aromatic N) is 2. The number of carbonyl (C=O) groups is 2. The molecule has 5 rings (SSSR count). The van der Waals surface area contributed by atoms with E-state index in [4.69, 9.17) is 11.6 Å². The maximum absolute atomic E-state index is 14.1. The van der Waals surface area contributed by atoms with Gasteiger partial charge in [0.15, 0.2) is 5.76 Å². The van der Waals surface area contributed by atoms with Crippen LogP contribution in [-0.2, 0) is 16.1 Å². The molecule has 3 N–H and O–H groups in total. The van der Waals surface area contributed by atoms with Crippen molar-refractivity contribution in [2.75, 3.05) is 13.1 Å². The fourth-order valence-electron chi connectivity index (χ4n) is 5.52. The highest BCUT2D eigenvalue weighted by atomic mass is 35.5. The Morgan fingerprint density at radius 3 is 3.00 bits per heavy atom. The predicted octanol–water partition coefficient (Wildman–Crippen LogP) is 2.21. The molecule has 1 unspecified atom stereocenters. The number of carbonyl (C=O) groups excluding carboxylic acids is 2. The van der Waals surface area contributed by atoms with E-state index in [-0.39, 0.29) is 39.8 Å². The van der Waals surface area contributed by atoms with Crippen molar-refractivity contribution in [3.63, 3.8) is 0 Å². The fraction of sp³-hybridized carbons (Fsp3) is 0.455. The average molecular weight is 448 g/mol. The van der Waals surface area contributed by atoms with Gasteiger partial charge in [0, 0.05) is 31.4 Å². The van der Waals surface area contributed by atoms with Gasteiger partial charge in [-0.3, -0.25) is 9.59 Å². The summed E-state index contributed by atoms with van der Waals surface area (Å²) in [5.74, 6) is -1.66. The lowest BCUT2D eigenvalue weighted by Crippen LogP contribution is -2.61.